The molecule has 1 aliphatic rings. The van der Waals surface area contributed by atoms with Gasteiger partial charge in [-0.1, -0.05) is 28.1 Å². The molecular weight excluding hydrogens is 266 g/mol. The lowest BCUT2D eigenvalue weighted by atomic mass is 9.91. The second-order valence-electron chi connectivity index (χ2n) is 4.48. The lowest BCUT2D eigenvalue weighted by Crippen LogP contribution is -2.41. The predicted octanol–water partition coefficient (Wildman–Crippen LogP) is 2.61. The Labute approximate surface area is 105 Å². The summed E-state index contributed by atoms with van der Waals surface area (Å²) in [6, 6.07) is 6.49. The first-order chi connectivity index (χ1) is 7.70. The maximum atomic E-state index is 10.3. The van der Waals surface area contributed by atoms with Gasteiger partial charge in [0.15, 0.2) is 0 Å². The fourth-order valence-corrected chi connectivity index (χ4v) is 2.93. The molecule has 1 aromatic rings. The number of nitrogens with zero attached hydrogens (tertiary/aromatic N) is 1. The fourth-order valence-electron chi connectivity index (χ4n) is 2.18. The highest BCUT2D eigenvalue weighted by molar-refractivity contribution is 9.10. The first-order valence-corrected chi connectivity index (χ1v) is 6.40. The van der Waals surface area contributed by atoms with Crippen LogP contribution in [-0.4, -0.2) is 31.3 Å². The SMILES string of the molecule is CN1CC(c2ccc(CCC=O)cc2Br)C1. The van der Waals surface area contributed by atoms with E-state index in [0.29, 0.717) is 12.3 Å². The summed E-state index contributed by atoms with van der Waals surface area (Å²) in [4.78, 5) is 12.6. The number of hydrogen-bond donors (Lipinski definition) is 0. The molecule has 0 amide bonds. The van der Waals surface area contributed by atoms with Gasteiger partial charge in [-0.15, -0.1) is 0 Å². The van der Waals surface area contributed by atoms with Crippen molar-refractivity contribution in [2.24, 2.45) is 0 Å². The smallest absolute Gasteiger partial charge is 0.120 e. The minimum Gasteiger partial charge on any atom is -0.305 e. The number of aldehydes is 1. The zero-order valence-electron chi connectivity index (χ0n) is 9.45. The molecule has 2 nitrogen and oxygen atoms in total. The van der Waals surface area contributed by atoms with Gasteiger partial charge in [-0.25, -0.2) is 0 Å². The minimum atomic E-state index is 0.609. The van der Waals surface area contributed by atoms with Crippen molar-refractivity contribution in [3.8, 4) is 0 Å². The van der Waals surface area contributed by atoms with Crippen LogP contribution in [0.3, 0.4) is 0 Å². The number of likely N-dealkylation sites (N-methyl/N-ethyl adjacent to an activating group) is 1. The Bertz CT molecular complexity index is 386. The summed E-state index contributed by atoms with van der Waals surface area (Å²) < 4.78 is 1.19. The van der Waals surface area contributed by atoms with E-state index in [9.17, 15) is 4.79 Å². The van der Waals surface area contributed by atoms with Gasteiger partial charge in [-0.2, -0.15) is 0 Å². The molecule has 3 heteroatoms. The summed E-state index contributed by atoms with van der Waals surface area (Å²) in [6.07, 6.45) is 2.42. The molecule has 2 rings (SSSR count). The highest BCUT2D eigenvalue weighted by Gasteiger charge is 2.26. The molecule has 0 N–H and O–H groups in total. The number of aryl methyl sites for hydroxylation is 1. The normalized spacial score (nSPS) is 17.1. The van der Waals surface area contributed by atoms with Crippen molar-refractivity contribution in [2.75, 3.05) is 20.1 Å². The molecule has 0 saturated carbocycles. The molecule has 1 saturated heterocycles. The molecule has 1 aromatic carbocycles. The van der Waals surface area contributed by atoms with Gasteiger partial charge in [0.05, 0.1) is 0 Å². The first kappa shape index (κ1) is 11.8. The molecule has 0 radical (unpaired) electrons. The molecule has 0 aromatic heterocycles. The van der Waals surface area contributed by atoms with Crippen LogP contribution >= 0.6 is 15.9 Å². The summed E-state index contributed by atoms with van der Waals surface area (Å²) in [5.41, 5.74) is 2.63. The second kappa shape index (κ2) is 5.11. The van der Waals surface area contributed by atoms with E-state index in [1.165, 1.54) is 15.6 Å². The molecule has 16 heavy (non-hydrogen) atoms. The number of carbonyl (C=O) groups excluding carboxylic acids is 1. The van der Waals surface area contributed by atoms with E-state index in [-0.39, 0.29) is 0 Å². The third kappa shape index (κ3) is 2.53. The average Bonchev–Trinajstić information content (AvgIpc) is 2.23. The van der Waals surface area contributed by atoms with Gasteiger partial charge in [0, 0.05) is 29.9 Å². The lowest BCUT2D eigenvalue weighted by Gasteiger charge is -2.37. The van der Waals surface area contributed by atoms with Gasteiger partial charge in [0.25, 0.3) is 0 Å². The quantitative estimate of drug-likeness (QED) is 0.791. The van der Waals surface area contributed by atoms with Crippen molar-refractivity contribution in [3.63, 3.8) is 0 Å². The number of rotatable bonds is 4. The van der Waals surface area contributed by atoms with Crippen LogP contribution in [0.25, 0.3) is 0 Å². The number of halogens is 1. The van der Waals surface area contributed by atoms with Crippen molar-refractivity contribution in [2.45, 2.75) is 18.8 Å². The number of carbonyl (C=O) groups is 1. The van der Waals surface area contributed by atoms with E-state index < -0.39 is 0 Å². The summed E-state index contributed by atoms with van der Waals surface area (Å²) >= 11 is 3.63. The molecule has 0 unspecified atom stereocenters. The van der Waals surface area contributed by atoms with E-state index in [1.807, 2.05) is 0 Å². The van der Waals surface area contributed by atoms with E-state index in [0.717, 1.165) is 25.8 Å². The molecule has 0 bridgehead atoms. The maximum Gasteiger partial charge on any atom is 0.120 e. The van der Waals surface area contributed by atoms with Crippen LogP contribution in [0.15, 0.2) is 22.7 Å². The Hall–Kier alpha value is -0.670. The van der Waals surface area contributed by atoms with Gasteiger partial charge in [0.2, 0.25) is 0 Å². The number of likely N-dealkylation sites (tertiary alicyclic amines) is 1. The van der Waals surface area contributed by atoms with Gasteiger partial charge < -0.3 is 9.69 Å². The zero-order chi connectivity index (χ0) is 11.5. The first-order valence-electron chi connectivity index (χ1n) is 5.61. The van der Waals surface area contributed by atoms with E-state index in [2.05, 4.69) is 46.1 Å². The van der Waals surface area contributed by atoms with Crippen LogP contribution in [-0.2, 0) is 11.2 Å². The average molecular weight is 282 g/mol. The second-order valence-corrected chi connectivity index (χ2v) is 5.33. The molecule has 86 valence electrons. The zero-order valence-corrected chi connectivity index (χ0v) is 11.0. The molecule has 0 spiro atoms. The van der Waals surface area contributed by atoms with Crippen molar-refractivity contribution < 1.29 is 4.79 Å². The van der Waals surface area contributed by atoms with E-state index in [1.54, 1.807) is 0 Å². The fraction of sp³-hybridized carbons (Fsp3) is 0.462. The van der Waals surface area contributed by atoms with Crippen molar-refractivity contribution >= 4 is 22.2 Å². The highest BCUT2D eigenvalue weighted by atomic mass is 79.9. The topological polar surface area (TPSA) is 20.3 Å². The van der Waals surface area contributed by atoms with Crippen LogP contribution < -0.4 is 0 Å². The Kier molecular flexibility index (Phi) is 3.77. The van der Waals surface area contributed by atoms with Gasteiger partial charge in [0.1, 0.15) is 6.29 Å². The standard InChI is InChI=1S/C13H16BrNO/c1-15-8-11(9-15)12-5-4-10(3-2-6-16)7-13(12)14/h4-7,11H,2-3,8-9H2,1H3. The molecule has 1 fully saturated rings. The van der Waals surface area contributed by atoms with Gasteiger partial charge >= 0.3 is 0 Å². The number of benzene rings is 1. The highest BCUT2D eigenvalue weighted by Crippen LogP contribution is 2.32. The minimum absolute atomic E-state index is 0.609. The summed E-state index contributed by atoms with van der Waals surface area (Å²) in [5, 5.41) is 0. The van der Waals surface area contributed by atoms with E-state index >= 15 is 0 Å². The molecule has 0 atom stereocenters. The molecule has 0 aliphatic carbocycles. The summed E-state index contributed by atoms with van der Waals surface area (Å²) in [5.74, 6) is 0.666. The van der Waals surface area contributed by atoms with Crippen molar-refractivity contribution in [1.29, 1.82) is 0 Å². The maximum absolute atomic E-state index is 10.3. The lowest BCUT2D eigenvalue weighted by molar-refractivity contribution is -0.107. The third-order valence-electron chi connectivity index (χ3n) is 3.12. The van der Waals surface area contributed by atoms with Crippen LogP contribution in [0, 0.1) is 0 Å². The van der Waals surface area contributed by atoms with E-state index in [4.69, 9.17) is 0 Å². The van der Waals surface area contributed by atoms with Crippen molar-refractivity contribution in [3.05, 3.63) is 33.8 Å². The van der Waals surface area contributed by atoms with Crippen LogP contribution in [0.2, 0.25) is 0 Å². The Morgan fingerprint density at radius 2 is 2.25 bits per heavy atom. The van der Waals surface area contributed by atoms with Crippen molar-refractivity contribution in [1.82, 2.24) is 4.90 Å². The largest absolute Gasteiger partial charge is 0.305 e. The Morgan fingerprint density at radius 3 is 2.81 bits per heavy atom. The third-order valence-corrected chi connectivity index (χ3v) is 3.81. The van der Waals surface area contributed by atoms with Gasteiger partial charge in [-0.05, 0) is 30.7 Å². The van der Waals surface area contributed by atoms with Gasteiger partial charge in [-0.3, -0.25) is 0 Å². The number of hydrogen-bond acceptors (Lipinski definition) is 2. The Balaban J connectivity index is 2.07. The summed E-state index contributed by atoms with van der Waals surface area (Å²) in [7, 11) is 2.14. The van der Waals surface area contributed by atoms with Crippen LogP contribution in [0.1, 0.15) is 23.5 Å². The van der Waals surface area contributed by atoms with Crippen LogP contribution in [0.4, 0.5) is 0 Å². The Morgan fingerprint density at radius 1 is 1.50 bits per heavy atom. The monoisotopic (exact) mass is 281 g/mol. The molecule has 1 aliphatic heterocycles. The van der Waals surface area contributed by atoms with Crippen LogP contribution in [0.5, 0.6) is 0 Å². The summed E-state index contributed by atoms with van der Waals surface area (Å²) in [6.45, 7) is 2.29. The predicted molar refractivity (Wildman–Crippen MR) is 68.8 cm³/mol. The molecular formula is C13H16BrNO. The molecule has 1 heterocycles.